The van der Waals surface area contributed by atoms with Crippen molar-refractivity contribution in [3.63, 3.8) is 0 Å². The molecule has 152 valence electrons. The Hall–Kier alpha value is -3.66. The van der Waals surface area contributed by atoms with Crippen LogP contribution in [0, 0.1) is 0 Å². The summed E-state index contributed by atoms with van der Waals surface area (Å²) in [6, 6.07) is 6.39. The second-order valence-electron chi connectivity index (χ2n) is 7.38. The lowest BCUT2D eigenvalue weighted by atomic mass is 9.92. The number of hydrogen-bond acceptors (Lipinski definition) is 9. The summed E-state index contributed by atoms with van der Waals surface area (Å²) < 4.78 is 1.81. The number of hydrogen-bond donors (Lipinski definition) is 3. The van der Waals surface area contributed by atoms with Crippen LogP contribution in [-0.2, 0) is 0 Å². The van der Waals surface area contributed by atoms with Gasteiger partial charge in [-0.1, -0.05) is 0 Å². The van der Waals surface area contributed by atoms with Crippen molar-refractivity contribution in [2.24, 2.45) is 5.73 Å². The second-order valence-corrected chi connectivity index (χ2v) is 7.38. The number of nitrogens with one attached hydrogen (secondary N) is 2. The summed E-state index contributed by atoms with van der Waals surface area (Å²) >= 11 is 0. The van der Waals surface area contributed by atoms with Gasteiger partial charge in [0.2, 0.25) is 11.9 Å². The molecular weight excluding hydrogens is 380 g/mol. The number of imidazole rings is 1. The first-order valence-corrected chi connectivity index (χ1v) is 9.98. The zero-order chi connectivity index (χ0) is 20.3. The number of fused-ring (bicyclic) bond motifs is 1. The Morgan fingerprint density at radius 3 is 2.37 bits per heavy atom. The molecule has 1 aliphatic carbocycles. The van der Waals surface area contributed by atoms with Gasteiger partial charge in [-0.25, -0.2) is 29.4 Å². The molecule has 0 aliphatic heterocycles. The van der Waals surface area contributed by atoms with Gasteiger partial charge in [0.25, 0.3) is 0 Å². The SMILES string of the molecule is N[C@H]1CC[C@H](Nc2ccc3ncc(-c4cnc(Nc5ncccn5)nc4)n3n2)CC1. The first kappa shape index (κ1) is 18.4. The highest BCUT2D eigenvalue weighted by Gasteiger charge is 2.19. The normalized spacial score (nSPS) is 19.0. The van der Waals surface area contributed by atoms with Gasteiger partial charge in [0.15, 0.2) is 5.65 Å². The molecule has 0 aromatic carbocycles. The smallest absolute Gasteiger partial charge is 0.229 e. The van der Waals surface area contributed by atoms with Crippen molar-refractivity contribution in [1.29, 1.82) is 0 Å². The van der Waals surface area contributed by atoms with Gasteiger partial charge in [-0.2, -0.15) is 0 Å². The van der Waals surface area contributed by atoms with E-state index in [1.165, 1.54) is 0 Å². The highest BCUT2D eigenvalue weighted by Crippen LogP contribution is 2.23. The van der Waals surface area contributed by atoms with Gasteiger partial charge in [0.05, 0.1) is 11.9 Å². The van der Waals surface area contributed by atoms with Crippen LogP contribution in [0.2, 0.25) is 0 Å². The van der Waals surface area contributed by atoms with E-state index in [0.717, 1.165) is 48.4 Å². The number of rotatable bonds is 5. The van der Waals surface area contributed by atoms with Crippen molar-refractivity contribution in [2.45, 2.75) is 37.8 Å². The van der Waals surface area contributed by atoms with Crippen LogP contribution in [0.3, 0.4) is 0 Å². The fourth-order valence-corrected chi connectivity index (χ4v) is 3.61. The molecule has 0 atom stereocenters. The summed E-state index contributed by atoms with van der Waals surface area (Å²) in [6.07, 6.45) is 12.7. The van der Waals surface area contributed by atoms with E-state index >= 15 is 0 Å². The van der Waals surface area contributed by atoms with Gasteiger partial charge < -0.3 is 11.1 Å². The van der Waals surface area contributed by atoms with Gasteiger partial charge in [-0.05, 0) is 43.9 Å². The molecule has 1 fully saturated rings. The first-order valence-electron chi connectivity index (χ1n) is 9.98. The van der Waals surface area contributed by atoms with Gasteiger partial charge in [-0.3, -0.25) is 5.32 Å². The highest BCUT2D eigenvalue weighted by molar-refractivity contribution is 5.63. The van der Waals surface area contributed by atoms with Gasteiger partial charge >= 0.3 is 0 Å². The van der Waals surface area contributed by atoms with Crippen LogP contribution < -0.4 is 16.4 Å². The van der Waals surface area contributed by atoms with Gasteiger partial charge in [0, 0.05) is 42.4 Å². The van der Waals surface area contributed by atoms with E-state index in [1.807, 2.05) is 16.6 Å². The minimum Gasteiger partial charge on any atom is -0.366 e. The molecule has 10 heteroatoms. The molecule has 0 unspecified atom stereocenters. The summed E-state index contributed by atoms with van der Waals surface area (Å²) in [6.45, 7) is 0. The Balaban J connectivity index is 1.36. The molecule has 30 heavy (non-hydrogen) atoms. The van der Waals surface area contributed by atoms with Crippen molar-refractivity contribution >= 4 is 23.4 Å². The quantitative estimate of drug-likeness (QED) is 0.460. The molecule has 1 aliphatic rings. The van der Waals surface area contributed by atoms with Crippen molar-refractivity contribution in [2.75, 3.05) is 10.6 Å². The average Bonchev–Trinajstić information content (AvgIpc) is 3.20. The maximum absolute atomic E-state index is 6.01. The second kappa shape index (κ2) is 7.99. The van der Waals surface area contributed by atoms with E-state index in [0.29, 0.717) is 24.0 Å². The Kier molecular flexibility index (Phi) is 4.89. The van der Waals surface area contributed by atoms with E-state index in [4.69, 9.17) is 10.8 Å². The summed E-state index contributed by atoms with van der Waals surface area (Å²) in [5.74, 6) is 1.69. The average molecular weight is 402 g/mol. The van der Waals surface area contributed by atoms with Crippen molar-refractivity contribution in [3.8, 4) is 11.3 Å². The molecule has 0 bridgehead atoms. The number of anilines is 3. The third-order valence-corrected chi connectivity index (χ3v) is 5.22. The summed E-state index contributed by atoms with van der Waals surface area (Å²) in [4.78, 5) is 21.4. The van der Waals surface area contributed by atoms with E-state index in [2.05, 4.69) is 35.6 Å². The van der Waals surface area contributed by atoms with E-state index in [1.54, 1.807) is 37.1 Å². The number of nitrogens with two attached hydrogens (primary N) is 1. The van der Waals surface area contributed by atoms with Crippen molar-refractivity contribution in [1.82, 2.24) is 34.5 Å². The van der Waals surface area contributed by atoms with Crippen LogP contribution in [0.5, 0.6) is 0 Å². The minimum atomic E-state index is 0.324. The largest absolute Gasteiger partial charge is 0.366 e. The maximum Gasteiger partial charge on any atom is 0.229 e. The Labute approximate surface area is 173 Å². The molecule has 0 saturated heterocycles. The topological polar surface area (TPSA) is 132 Å². The predicted molar refractivity (Wildman–Crippen MR) is 113 cm³/mol. The van der Waals surface area contributed by atoms with E-state index in [9.17, 15) is 0 Å². The minimum absolute atomic E-state index is 0.324. The lowest BCUT2D eigenvalue weighted by molar-refractivity contribution is 0.410. The molecule has 10 nitrogen and oxygen atoms in total. The molecule has 0 spiro atoms. The van der Waals surface area contributed by atoms with Crippen LogP contribution in [-0.4, -0.2) is 46.6 Å². The Morgan fingerprint density at radius 1 is 0.867 bits per heavy atom. The van der Waals surface area contributed by atoms with Gasteiger partial charge in [0.1, 0.15) is 5.82 Å². The fraction of sp³-hybridized carbons (Fsp3) is 0.300. The lowest BCUT2D eigenvalue weighted by Gasteiger charge is -2.27. The standard InChI is InChI=1S/C20H22N10/c21-14-2-4-15(5-3-14)27-17-6-7-18-24-12-16(30(18)29-17)13-10-25-20(26-11-13)28-19-22-8-1-9-23-19/h1,6-12,14-15H,2-5,21H2,(H,27,29)(H,22,23,25,26,28)/t14-,15-. The molecule has 4 N–H and O–H groups in total. The van der Waals surface area contributed by atoms with Crippen LogP contribution in [0.25, 0.3) is 16.9 Å². The van der Waals surface area contributed by atoms with Crippen LogP contribution in [0.15, 0.2) is 49.2 Å². The molecular formula is C20H22N10. The highest BCUT2D eigenvalue weighted by atomic mass is 15.3. The summed E-state index contributed by atoms with van der Waals surface area (Å²) in [7, 11) is 0. The predicted octanol–water partition coefficient (Wildman–Crippen LogP) is 2.40. The van der Waals surface area contributed by atoms with Crippen LogP contribution in [0.1, 0.15) is 25.7 Å². The fourth-order valence-electron chi connectivity index (χ4n) is 3.61. The monoisotopic (exact) mass is 402 g/mol. The van der Waals surface area contributed by atoms with Gasteiger partial charge in [-0.15, -0.1) is 5.10 Å². The van der Waals surface area contributed by atoms with Crippen molar-refractivity contribution < 1.29 is 0 Å². The molecule has 4 aromatic rings. The van der Waals surface area contributed by atoms with E-state index < -0.39 is 0 Å². The molecule has 0 radical (unpaired) electrons. The third-order valence-electron chi connectivity index (χ3n) is 5.22. The molecule has 4 heterocycles. The molecule has 1 saturated carbocycles. The summed E-state index contributed by atoms with van der Waals surface area (Å²) in [5.41, 5.74) is 8.41. The molecule has 5 rings (SSSR count). The molecule has 0 amide bonds. The lowest BCUT2D eigenvalue weighted by Crippen LogP contribution is -2.33. The number of nitrogens with zero attached hydrogens (tertiary/aromatic N) is 7. The van der Waals surface area contributed by atoms with E-state index in [-0.39, 0.29) is 0 Å². The number of aromatic nitrogens is 7. The summed E-state index contributed by atoms with van der Waals surface area (Å²) in [5, 5.41) is 11.2. The zero-order valence-electron chi connectivity index (χ0n) is 16.3. The van der Waals surface area contributed by atoms with Crippen LogP contribution >= 0.6 is 0 Å². The Morgan fingerprint density at radius 2 is 1.60 bits per heavy atom. The third kappa shape index (κ3) is 3.90. The zero-order valence-corrected chi connectivity index (χ0v) is 16.3. The maximum atomic E-state index is 6.01. The first-order chi connectivity index (χ1) is 14.7. The Bertz CT molecular complexity index is 1120. The van der Waals surface area contributed by atoms with Crippen LogP contribution in [0.4, 0.5) is 17.7 Å². The molecule has 4 aromatic heterocycles. The van der Waals surface area contributed by atoms with Crippen molar-refractivity contribution in [3.05, 3.63) is 49.2 Å².